The van der Waals surface area contributed by atoms with Crippen molar-refractivity contribution in [3.63, 3.8) is 0 Å². The predicted molar refractivity (Wildman–Crippen MR) is 142 cm³/mol. The lowest BCUT2D eigenvalue weighted by molar-refractivity contribution is -0.227. The fourth-order valence-electron chi connectivity index (χ4n) is 11.1. The Morgan fingerprint density at radius 2 is 1.61 bits per heavy atom. The molecule has 4 saturated carbocycles. The molecule has 4 fully saturated rings. The summed E-state index contributed by atoms with van der Waals surface area (Å²) < 4.78 is 0. The first-order chi connectivity index (χ1) is 16.6. The third-order valence-corrected chi connectivity index (χ3v) is 13.0. The van der Waals surface area contributed by atoms with Crippen LogP contribution >= 0.6 is 0 Å². The molecule has 5 aliphatic carbocycles. The van der Waals surface area contributed by atoms with E-state index in [1.807, 2.05) is 6.08 Å². The highest BCUT2D eigenvalue weighted by atomic mass is 16.4. The summed E-state index contributed by atoms with van der Waals surface area (Å²) in [4.78, 5) is 25.0. The predicted octanol–water partition coefficient (Wildman–Crippen LogP) is 6.97. The zero-order valence-electron chi connectivity index (χ0n) is 23.6. The Bertz CT molecular complexity index is 1030. The van der Waals surface area contributed by atoms with E-state index in [1.54, 1.807) is 0 Å². The molecule has 0 bridgehead atoms. The third-order valence-electron chi connectivity index (χ3n) is 13.0. The molecule has 36 heavy (non-hydrogen) atoms. The minimum absolute atomic E-state index is 0.0549. The molecule has 5 rings (SSSR count). The largest absolute Gasteiger partial charge is 0.478 e. The molecule has 0 saturated heterocycles. The van der Waals surface area contributed by atoms with E-state index in [0.29, 0.717) is 24.2 Å². The molecule has 0 aromatic rings. The van der Waals surface area contributed by atoms with Crippen molar-refractivity contribution in [2.75, 3.05) is 0 Å². The number of carbonyl (C=O) groups excluding carboxylic acids is 1. The van der Waals surface area contributed by atoms with E-state index in [1.165, 1.54) is 18.1 Å². The molecule has 0 spiro atoms. The number of carboxylic acids is 1. The monoisotopic (exact) mass is 496 g/mol. The van der Waals surface area contributed by atoms with Crippen LogP contribution in [0, 0.1) is 50.7 Å². The van der Waals surface area contributed by atoms with Gasteiger partial charge < -0.3 is 10.2 Å². The maximum Gasteiger partial charge on any atom is 0.328 e. The molecular formula is C32H48O4. The van der Waals surface area contributed by atoms with Crippen molar-refractivity contribution in [1.82, 2.24) is 0 Å². The van der Waals surface area contributed by atoms with Gasteiger partial charge in [0.2, 0.25) is 0 Å². The second-order valence-corrected chi connectivity index (χ2v) is 14.9. The average molecular weight is 497 g/mol. The zero-order valence-corrected chi connectivity index (χ0v) is 23.6. The van der Waals surface area contributed by atoms with Gasteiger partial charge in [-0.15, -0.1) is 0 Å². The van der Waals surface area contributed by atoms with E-state index < -0.39 is 11.4 Å². The highest BCUT2D eigenvalue weighted by molar-refractivity contribution is 6.01. The Labute approximate surface area is 218 Å². The van der Waals surface area contributed by atoms with E-state index in [9.17, 15) is 19.8 Å². The van der Waals surface area contributed by atoms with Crippen LogP contribution in [0.5, 0.6) is 0 Å². The average Bonchev–Trinajstić information content (AvgIpc) is 3.08. The molecule has 0 aromatic heterocycles. The van der Waals surface area contributed by atoms with Gasteiger partial charge in [-0.25, -0.2) is 4.79 Å². The minimum atomic E-state index is -0.925. The number of ketones is 1. The van der Waals surface area contributed by atoms with E-state index in [-0.39, 0.29) is 39.5 Å². The molecule has 4 nitrogen and oxygen atoms in total. The maximum atomic E-state index is 13.5. The molecule has 0 radical (unpaired) electrons. The number of aliphatic hydroxyl groups excluding tert-OH is 1. The first kappa shape index (κ1) is 26.2. The van der Waals surface area contributed by atoms with Gasteiger partial charge in [0.25, 0.3) is 0 Å². The lowest BCUT2D eigenvalue weighted by atomic mass is 9.33. The summed E-state index contributed by atoms with van der Waals surface area (Å²) in [5.74, 6) is 0.953. The van der Waals surface area contributed by atoms with Gasteiger partial charge in [0.1, 0.15) is 0 Å². The van der Waals surface area contributed by atoms with Gasteiger partial charge in [-0.1, -0.05) is 54.5 Å². The number of fused-ring (bicyclic) bond motifs is 7. The highest BCUT2D eigenvalue weighted by Crippen LogP contribution is 2.76. The van der Waals surface area contributed by atoms with Crippen LogP contribution in [0.25, 0.3) is 0 Å². The summed E-state index contributed by atoms with van der Waals surface area (Å²) in [5.41, 5.74) is 2.32. The molecule has 0 amide bonds. The van der Waals surface area contributed by atoms with Gasteiger partial charge in [-0.3, -0.25) is 4.79 Å². The number of hydrogen-bond donors (Lipinski definition) is 2. The van der Waals surface area contributed by atoms with Crippen LogP contribution in [0.15, 0.2) is 23.3 Å². The van der Waals surface area contributed by atoms with Gasteiger partial charge in [-0.05, 0) is 108 Å². The number of carboxylic acid groups (broad SMARTS) is 1. The standard InChI is InChI=1S/C32H48O4/c1-19(2)26-21(33)18-32(15-12-25(35)36)17-16-30(6)20(27(26)32)8-9-23-29(5)13-11-24(34)28(3,4)22(29)10-14-31(23,30)7/h12,15,19-20,22-24,34H,8-11,13-14,16-18H2,1-7H3,(H,35,36)/t20-,22+,23-,24+,29?,30-,31-,32+/m1/s1. The maximum absolute atomic E-state index is 13.5. The SMILES string of the molecule is CC(C)C1=C2[C@H]3CC[C@@H]4C5(C)CC[C@H](O)C(C)(C)[C@@H]5CC[C@@]4(C)[C@]3(C)CC[C@@]2(C=CC(=O)O)CC1=O. The van der Waals surface area contributed by atoms with Crippen molar-refractivity contribution < 1.29 is 19.8 Å². The fraction of sp³-hybridized carbons (Fsp3) is 0.812. The molecule has 8 atom stereocenters. The van der Waals surface area contributed by atoms with Crippen LogP contribution < -0.4 is 0 Å². The molecule has 2 N–H and O–H groups in total. The van der Waals surface area contributed by atoms with Crippen LogP contribution in [-0.4, -0.2) is 28.1 Å². The fourth-order valence-corrected chi connectivity index (χ4v) is 11.1. The number of aliphatic carboxylic acids is 1. The normalized spacial score (nSPS) is 48.0. The molecule has 0 aromatic carbocycles. The Morgan fingerprint density at radius 3 is 2.25 bits per heavy atom. The van der Waals surface area contributed by atoms with Crippen molar-refractivity contribution in [3.8, 4) is 0 Å². The van der Waals surface area contributed by atoms with Crippen molar-refractivity contribution in [2.45, 2.75) is 112 Å². The topological polar surface area (TPSA) is 74.6 Å². The van der Waals surface area contributed by atoms with Crippen LogP contribution in [0.1, 0.15) is 106 Å². The number of rotatable bonds is 3. The first-order valence-electron chi connectivity index (χ1n) is 14.5. The number of Topliss-reactive ketones (excluding diaryl/α,β-unsaturated/α-hetero) is 1. The quantitative estimate of drug-likeness (QED) is 0.414. The molecular weight excluding hydrogens is 448 g/mol. The second kappa shape index (κ2) is 8.04. The van der Waals surface area contributed by atoms with Crippen LogP contribution in [-0.2, 0) is 9.59 Å². The Kier molecular flexibility index (Phi) is 5.85. The summed E-state index contributed by atoms with van der Waals surface area (Å²) in [7, 11) is 0. The van der Waals surface area contributed by atoms with Gasteiger partial charge >= 0.3 is 5.97 Å². The van der Waals surface area contributed by atoms with Crippen molar-refractivity contribution in [1.29, 1.82) is 0 Å². The summed E-state index contributed by atoms with van der Waals surface area (Å²) in [5, 5.41) is 20.4. The molecule has 0 aliphatic heterocycles. The molecule has 0 heterocycles. The van der Waals surface area contributed by atoms with E-state index in [0.717, 1.165) is 50.5 Å². The third kappa shape index (κ3) is 3.21. The minimum Gasteiger partial charge on any atom is -0.478 e. The highest BCUT2D eigenvalue weighted by Gasteiger charge is 2.69. The molecule has 5 aliphatic rings. The van der Waals surface area contributed by atoms with Crippen LogP contribution in [0.3, 0.4) is 0 Å². The van der Waals surface area contributed by atoms with Crippen molar-refractivity contribution in [3.05, 3.63) is 23.3 Å². The van der Waals surface area contributed by atoms with Crippen molar-refractivity contribution in [2.24, 2.45) is 50.7 Å². The van der Waals surface area contributed by atoms with Gasteiger partial charge in [-0.2, -0.15) is 0 Å². The Balaban J connectivity index is 1.61. The molecule has 200 valence electrons. The molecule has 4 heteroatoms. The number of allylic oxidation sites excluding steroid dienone is 3. The molecule has 1 unspecified atom stereocenters. The Morgan fingerprint density at radius 1 is 0.917 bits per heavy atom. The number of hydrogen-bond acceptors (Lipinski definition) is 3. The number of aliphatic hydroxyl groups is 1. The summed E-state index contributed by atoms with van der Waals surface area (Å²) >= 11 is 0. The number of carbonyl (C=O) groups is 2. The first-order valence-corrected chi connectivity index (χ1v) is 14.5. The van der Waals surface area contributed by atoms with Gasteiger partial charge in [0.15, 0.2) is 5.78 Å². The van der Waals surface area contributed by atoms with Crippen LogP contribution in [0.2, 0.25) is 0 Å². The smallest absolute Gasteiger partial charge is 0.328 e. The van der Waals surface area contributed by atoms with Gasteiger partial charge in [0.05, 0.1) is 6.10 Å². The zero-order chi connectivity index (χ0) is 26.5. The van der Waals surface area contributed by atoms with E-state index in [4.69, 9.17) is 0 Å². The van der Waals surface area contributed by atoms with Crippen molar-refractivity contribution >= 4 is 11.8 Å². The summed E-state index contributed by atoms with van der Waals surface area (Å²) in [6.45, 7) is 16.5. The Hall–Kier alpha value is -1.42. The second-order valence-electron chi connectivity index (χ2n) is 14.9. The van der Waals surface area contributed by atoms with E-state index in [2.05, 4.69) is 48.5 Å². The van der Waals surface area contributed by atoms with Gasteiger partial charge in [0, 0.05) is 17.9 Å². The lowest BCUT2D eigenvalue weighted by Gasteiger charge is -2.72. The lowest BCUT2D eigenvalue weighted by Crippen LogP contribution is -2.65. The summed E-state index contributed by atoms with van der Waals surface area (Å²) in [6, 6.07) is 0. The van der Waals surface area contributed by atoms with Crippen LogP contribution in [0.4, 0.5) is 0 Å². The van der Waals surface area contributed by atoms with E-state index >= 15 is 0 Å². The summed E-state index contributed by atoms with van der Waals surface area (Å²) in [6.07, 6.45) is 11.9.